The molecule has 1 aliphatic rings. The van der Waals surface area contributed by atoms with E-state index < -0.39 is 11.9 Å². The van der Waals surface area contributed by atoms with E-state index in [-0.39, 0.29) is 12.0 Å². The van der Waals surface area contributed by atoms with Gasteiger partial charge in [-0.15, -0.1) is 0 Å². The van der Waals surface area contributed by atoms with E-state index in [1.807, 2.05) is 42.9 Å². The van der Waals surface area contributed by atoms with Crippen LogP contribution in [0.1, 0.15) is 37.9 Å². The van der Waals surface area contributed by atoms with Crippen LogP contribution in [0.3, 0.4) is 0 Å². The van der Waals surface area contributed by atoms with E-state index in [0.29, 0.717) is 13.2 Å². The highest BCUT2D eigenvalue weighted by atomic mass is 19.4. The van der Waals surface area contributed by atoms with E-state index in [1.165, 1.54) is 0 Å². The average molecular weight is 490 g/mol. The molecule has 0 bridgehead atoms. The molecule has 10 heteroatoms. The topological polar surface area (TPSA) is 64.4 Å². The monoisotopic (exact) mass is 489 g/mol. The van der Waals surface area contributed by atoms with Crippen molar-refractivity contribution in [3.63, 3.8) is 0 Å². The van der Waals surface area contributed by atoms with Gasteiger partial charge in [-0.3, -0.25) is 4.90 Å². The number of hydrogen-bond acceptors (Lipinski definition) is 6. The summed E-state index contributed by atoms with van der Waals surface area (Å²) in [5, 5.41) is 3.06. The number of benzene rings is 1. The standard InChI is InChI=1S/C25H30F3N5O2/c1-3-34-20-15-18(16-21(35-4-2)23(20)33-11-5-6-12-33)17-32-13-8-19(9-14-32)30-24-29-10-7-22(31-24)25(26,27)28/h5-7,10-12,15-16,19H,3-4,8-9,13-14,17H2,1-2H3,(H,29,30,31). The zero-order valence-electron chi connectivity index (χ0n) is 19.9. The third-order valence-corrected chi connectivity index (χ3v) is 5.84. The van der Waals surface area contributed by atoms with E-state index in [2.05, 4.69) is 32.3 Å². The van der Waals surface area contributed by atoms with Gasteiger partial charge >= 0.3 is 6.18 Å². The second kappa shape index (κ2) is 11.0. The number of anilines is 1. The lowest BCUT2D eigenvalue weighted by Gasteiger charge is -2.32. The number of likely N-dealkylation sites (tertiary alicyclic amines) is 1. The third kappa shape index (κ3) is 6.25. The lowest BCUT2D eigenvalue weighted by atomic mass is 10.0. The summed E-state index contributed by atoms with van der Waals surface area (Å²) in [6.45, 7) is 7.30. The predicted molar refractivity (Wildman–Crippen MR) is 127 cm³/mol. The Balaban J connectivity index is 1.42. The third-order valence-electron chi connectivity index (χ3n) is 5.84. The predicted octanol–water partition coefficient (Wildman–Crippen LogP) is 5.16. The first-order chi connectivity index (χ1) is 16.9. The molecule has 1 aliphatic heterocycles. The number of nitrogens with one attached hydrogen (secondary N) is 1. The van der Waals surface area contributed by atoms with Gasteiger partial charge in [0.15, 0.2) is 0 Å². The second-order valence-electron chi connectivity index (χ2n) is 8.36. The maximum absolute atomic E-state index is 12.9. The molecule has 0 amide bonds. The van der Waals surface area contributed by atoms with Crippen molar-refractivity contribution in [2.75, 3.05) is 31.6 Å². The zero-order chi connectivity index (χ0) is 24.8. The summed E-state index contributed by atoms with van der Waals surface area (Å²) < 4.78 is 52.7. The highest BCUT2D eigenvalue weighted by Crippen LogP contribution is 2.35. The lowest BCUT2D eigenvalue weighted by molar-refractivity contribution is -0.141. The first-order valence-electron chi connectivity index (χ1n) is 11.8. The summed E-state index contributed by atoms with van der Waals surface area (Å²) in [5.41, 5.74) is 1.03. The molecule has 4 rings (SSSR count). The van der Waals surface area contributed by atoms with Crippen molar-refractivity contribution in [3.05, 3.63) is 60.2 Å². The maximum Gasteiger partial charge on any atom is 0.433 e. The van der Waals surface area contributed by atoms with Crippen LogP contribution < -0.4 is 14.8 Å². The Labute approximate surface area is 202 Å². The molecule has 3 heterocycles. The molecule has 35 heavy (non-hydrogen) atoms. The highest BCUT2D eigenvalue weighted by molar-refractivity contribution is 5.59. The van der Waals surface area contributed by atoms with E-state index in [0.717, 1.165) is 67.5 Å². The summed E-state index contributed by atoms with van der Waals surface area (Å²) in [4.78, 5) is 9.89. The molecule has 3 aromatic rings. The van der Waals surface area contributed by atoms with Crippen molar-refractivity contribution in [3.8, 4) is 17.2 Å². The summed E-state index contributed by atoms with van der Waals surface area (Å²) in [6.07, 6.45) is 2.13. The Hall–Kier alpha value is -3.27. The van der Waals surface area contributed by atoms with Crippen LogP contribution in [-0.4, -0.2) is 51.8 Å². The van der Waals surface area contributed by atoms with Crippen LogP contribution in [0.2, 0.25) is 0 Å². The number of alkyl halides is 3. The molecule has 188 valence electrons. The summed E-state index contributed by atoms with van der Waals surface area (Å²) in [6, 6.07) is 8.93. The van der Waals surface area contributed by atoms with Gasteiger partial charge in [0.2, 0.25) is 5.95 Å². The fourth-order valence-corrected chi connectivity index (χ4v) is 4.26. The Kier molecular flexibility index (Phi) is 7.80. The first kappa shape index (κ1) is 24.8. The number of piperidine rings is 1. The molecule has 7 nitrogen and oxygen atoms in total. The van der Waals surface area contributed by atoms with Crippen molar-refractivity contribution in [2.24, 2.45) is 0 Å². The van der Waals surface area contributed by atoms with Crippen LogP contribution in [0.5, 0.6) is 11.5 Å². The Bertz CT molecular complexity index is 1070. The summed E-state index contributed by atoms with van der Waals surface area (Å²) in [5.74, 6) is 1.55. The minimum absolute atomic E-state index is 0.0154. The number of rotatable bonds is 9. The smallest absolute Gasteiger partial charge is 0.433 e. The van der Waals surface area contributed by atoms with Gasteiger partial charge in [0.05, 0.1) is 13.2 Å². The molecule has 1 saturated heterocycles. The van der Waals surface area contributed by atoms with Gasteiger partial charge in [-0.1, -0.05) is 0 Å². The van der Waals surface area contributed by atoms with Crippen LogP contribution >= 0.6 is 0 Å². The van der Waals surface area contributed by atoms with Crippen molar-refractivity contribution in [1.82, 2.24) is 19.4 Å². The Morgan fingerprint density at radius 3 is 2.23 bits per heavy atom. The number of halogens is 3. The molecule has 0 unspecified atom stereocenters. The molecule has 1 N–H and O–H groups in total. The molecule has 2 aromatic heterocycles. The number of nitrogens with zero attached hydrogens (tertiary/aromatic N) is 4. The molecule has 0 atom stereocenters. The average Bonchev–Trinajstić information content (AvgIpc) is 3.35. The minimum Gasteiger partial charge on any atom is -0.492 e. The second-order valence-corrected chi connectivity index (χ2v) is 8.36. The molecule has 0 saturated carbocycles. The normalized spacial score (nSPS) is 15.2. The molecular formula is C25H30F3N5O2. The molecule has 0 aliphatic carbocycles. The van der Waals surface area contributed by atoms with Crippen molar-refractivity contribution < 1.29 is 22.6 Å². The van der Waals surface area contributed by atoms with Crippen molar-refractivity contribution >= 4 is 5.95 Å². The fourth-order valence-electron chi connectivity index (χ4n) is 4.26. The fraction of sp³-hybridized carbons (Fsp3) is 0.440. The SMILES string of the molecule is CCOc1cc(CN2CCC(Nc3nccc(C(F)(F)F)n3)CC2)cc(OCC)c1-n1cccc1. The highest BCUT2D eigenvalue weighted by Gasteiger charge is 2.33. The van der Waals surface area contributed by atoms with Gasteiger partial charge in [0, 0.05) is 44.3 Å². The number of ether oxygens (including phenoxy) is 2. The summed E-state index contributed by atoms with van der Waals surface area (Å²) in [7, 11) is 0. The van der Waals surface area contributed by atoms with Gasteiger partial charge in [-0.2, -0.15) is 13.2 Å². The molecule has 0 spiro atoms. The Morgan fingerprint density at radius 1 is 1.03 bits per heavy atom. The molecular weight excluding hydrogens is 459 g/mol. The molecule has 1 fully saturated rings. The summed E-state index contributed by atoms with van der Waals surface area (Å²) >= 11 is 0. The van der Waals surface area contributed by atoms with Crippen LogP contribution in [0.25, 0.3) is 5.69 Å². The van der Waals surface area contributed by atoms with Crippen molar-refractivity contribution in [1.29, 1.82) is 0 Å². The zero-order valence-corrected chi connectivity index (χ0v) is 19.9. The number of aromatic nitrogens is 3. The van der Waals surface area contributed by atoms with Gasteiger partial charge < -0.3 is 19.4 Å². The van der Waals surface area contributed by atoms with Gasteiger partial charge in [0.1, 0.15) is 22.9 Å². The largest absolute Gasteiger partial charge is 0.492 e. The molecule has 1 aromatic carbocycles. The minimum atomic E-state index is -4.49. The first-order valence-corrected chi connectivity index (χ1v) is 11.8. The number of hydrogen-bond donors (Lipinski definition) is 1. The Morgan fingerprint density at radius 2 is 1.66 bits per heavy atom. The lowest BCUT2D eigenvalue weighted by Crippen LogP contribution is -2.39. The molecule has 0 radical (unpaired) electrons. The van der Waals surface area contributed by atoms with E-state index in [9.17, 15) is 13.2 Å². The van der Waals surface area contributed by atoms with Crippen molar-refractivity contribution in [2.45, 2.75) is 45.5 Å². The van der Waals surface area contributed by atoms with E-state index >= 15 is 0 Å². The quantitative estimate of drug-likeness (QED) is 0.448. The van der Waals surface area contributed by atoms with Gasteiger partial charge in [-0.25, -0.2) is 9.97 Å². The van der Waals surface area contributed by atoms with Gasteiger partial charge in [0.25, 0.3) is 0 Å². The van der Waals surface area contributed by atoms with Crippen LogP contribution in [0.15, 0.2) is 48.9 Å². The maximum atomic E-state index is 12.9. The van der Waals surface area contributed by atoms with Gasteiger partial charge in [-0.05, 0) is 62.6 Å². The van der Waals surface area contributed by atoms with Crippen LogP contribution in [-0.2, 0) is 12.7 Å². The van der Waals surface area contributed by atoms with E-state index in [1.54, 1.807) is 0 Å². The van der Waals surface area contributed by atoms with Crippen LogP contribution in [0.4, 0.5) is 19.1 Å². The van der Waals surface area contributed by atoms with Crippen LogP contribution in [0, 0.1) is 0 Å². The van der Waals surface area contributed by atoms with E-state index in [4.69, 9.17) is 9.47 Å².